The largest absolute Gasteiger partial charge is 0.309 e. The first kappa shape index (κ1) is 42.7. The third-order valence-electron chi connectivity index (χ3n) is 16.4. The van der Waals surface area contributed by atoms with Gasteiger partial charge in [0.05, 0.1) is 22.1 Å². The molecule has 0 fully saturated rings. The maximum Gasteiger partial charge on any atom is 0.0547 e. The molecule has 0 radical (unpaired) electrons. The standard InChI is InChI=1S/C71H46N2S2/c1-42-53-32-45(43-16-8-4-9-17-43)24-28-51(53)55-38-65-59(36-54(42)55)57-33-47(26-30-63(57)72(65)49-20-12-6-13-21-49)67-40-69-70(74-67)41-68(75-69)48-27-31-64-58(34-48)60-37-62-56(39-66(60)73(64)50-22-14-7-15-23-50)52-29-25-46(35-61(52)71(62,2)3)44-18-10-5-11-19-44/h4-41H,1H2,2-3H3. The molecule has 4 heteroatoms. The predicted octanol–water partition coefficient (Wildman–Crippen LogP) is 20.2. The lowest BCUT2D eigenvalue weighted by molar-refractivity contribution is 0.661. The van der Waals surface area contributed by atoms with E-state index in [9.17, 15) is 0 Å². The molecule has 0 saturated heterocycles. The van der Waals surface area contributed by atoms with Crippen molar-refractivity contribution in [2.45, 2.75) is 19.3 Å². The normalized spacial score (nSPS) is 13.3. The van der Waals surface area contributed by atoms with E-state index in [4.69, 9.17) is 6.58 Å². The van der Waals surface area contributed by atoms with E-state index in [1.54, 1.807) is 0 Å². The van der Waals surface area contributed by atoms with Crippen LogP contribution in [0.1, 0.15) is 36.1 Å². The predicted molar refractivity (Wildman–Crippen MR) is 321 cm³/mol. The summed E-state index contributed by atoms with van der Waals surface area (Å²) in [7, 11) is 0. The zero-order chi connectivity index (χ0) is 49.7. The molecule has 75 heavy (non-hydrogen) atoms. The van der Waals surface area contributed by atoms with Crippen molar-refractivity contribution in [2.75, 3.05) is 0 Å². The minimum atomic E-state index is -0.156. The van der Waals surface area contributed by atoms with Gasteiger partial charge in [0.2, 0.25) is 0 Å². The molecule has 2 nitrogen and oxygen atoms in total. The highest BCUT2D eigenvalue weighted by atomic mass is 32.1. The van der Waals surface area contributed by atoms with E-state index in [-0.39, 0.29) is 5.41 Å². The van der Waals surface area contributed by atoms with Gasteiger partial charge >= 0.3 is 0 Å². The fraction of sp³-hybridized carbons (Fsp3) is 0.0423. The summed E-state index contributed by atoms with van der Waals surface area (Å²) in [5, 5.41) is 5.06. The molecule has 0 aliphatic heterocycles. The Morgan fingerprint density at radius 2 is 0.760 bits per heavy atom. The highest BCUT2D eigenvalue weighted by molar-refractivity contribution is 7.31. The van der Waals surface area contributed by atoms with E-state index in [1.807, 2.05) is 22.7 Å². The molecule has 352 valence electrons. The number of hydrogen-bond donors (Lipinski definition) is 0. The Bertz CT molecular complexity index is 4690. The lowest BCUT2D eigenvalue weighted by atomic mass is 9.81. The summed E-state index contributed by atoms with van der Waals surface area (Å²) in [6.45, 7) is 9.51. The Labute approximate surface area is 443 Å². The van der Waals surface area contributed by atoms with Crippen LogP contribution in [-0.4, -0.2) is 9.13 Å². The number of benzene rings is 10. The molecule has 0 N–H and O–H groups in total. The van der Waals surface area contributed by atoms with Crippen LogP contribution in [0.25, 0.3) is 135 Å². The Morgan fingerprint density at radius 3 is 1.32 bits per heavy atom. The summed E-state index contributed by atoms with van der Waals surface area (Å²) in [4.78, 5) is 2.58. The van der Waals surface area contributed by atoms with Crippen LogP contribution in [0, 0.1) is 0 Å². The molecule has 16 rings (SSSR count). The fourth-order valence-corrected chi connectivity index (χ4v) is 15.1. The number of fused-ring (bicyclic) bond motifs is 13. The lowest BCUT2D eigenvalue weighted by Gasteiger charge is -2.22. The maximum atomic E-state index is 4.71. The molecule has 2 aliphatic carbocycles. The monoisotopic (exact) mass is 990 g/mol. The number of para-hydroxylation sites is 2. The topological polar surface area (TPSA) is 9.86 Å². The van der Waals surface area contributed by atoms with E-state index in [1.165, 1.54) is 146 Å². The lowest BCUT2D eigenvalue weighted by Crippen LogP contribution is -2.15. The van der Waals surface area contributed by atoms with Crippen molar-refractivity contribution < 1.29 is 0 Å². The van der Waals surface area contributed by atoms with E-state index in [0.717, 1.165) is 11.3 Å². The maximum absolute atomic E-state index is 4.71. The van der Waals surface area contributed by atoms with Gasteiger partial charge in [-0.1, -0.05) is 154 Å². The molecule has 4 heterocycles. The van der Waals surface area contributed by atoms with Crippen LogP contribution < -0.4 is 0 Å². The minimum absolute atomic E-state index is 0.156. The molecule has 2 aliphatic rings. The van der Waals surface area contributed by atoms with Gasteiger partial charge < -0.3 is 9.13 Å². The molecular weight excluding hydrogens is 945 g/mol. The molecule has 0 unspecified atom stereocenters. The molecule has 0 amide bonds. The van der Waals surface area contributed by atoms with Gasteiger partial charge in [-0.05, 0) is 181 Å². The first-order chi connectivity index (χ1) is 36.8. The molecule has 10 aromatic carbocycles. The van der Waals surface area contributed by atoms with Crippen molar-refractivity contribution in [1.82, 2.24) is 9.13 Å². The minimum Gasteiger partial charge on any atom is -0.309 e. The molecule has 14 aromatic rings. The number of aromatic nitrogens is 2. The fourth-order valence-electron chi connectivity index (χ4n) is 12.7. The number of thiophene rings is 2. The highest BCUT2D eigenvalue weighted by Crippen LogP contribution is 2.53. The zero-order valence-electron chi connectivity index (χ0n) is 41.4. The summed E-state index contributed by atoms with van der Waals surface area (Å²) in [6.07, 6.45) is 0. The molecule has 0 bridgehead atoms. The second-order valence-corrected chi connectivity index (χ2v) is 23.1. The Kier molecular flexibility index (Phi) is 9.02. The Balaban J connectivity index is 0.790. The first-order valence-corrected chi connectivity index (χ1v) is 27.5. The average molecular weight is 991 g/mol. The van der Waals surface area contributed by atoms with Gasteiger partial charge in [0, 0.05) is 57.5 Å². The van der Waals surface area contributed by atoms with E-state index < -0.39 is 0 Å². The quantitative estimate of drug-likeness (QED) is 0.157. The smallest absolute Gasteiger partial charge is 0.0547 e. The van der Waals surface area contributed by atoms with Gasteiger partial charge in [-0.25, -0.2) is 0 Å². The van der Waals surface area contributed by atoms with Crippen molar-refractivity contribution in [2.24, 2.45) is 0 Å². The molecule has 0 spiro atoms. The molecular formula is C71H46N2S2. The van der Waals surface area contributed by atoms with Crippen molar-refractivity contribution in [3.8, 4) is 76.8 Å². The van der Waals surface area contributed by atoms with E-state index in [0.29, 0.717) is 0 Å². The van der Waals surface area contributed by atoms with Crippen LogP contribution in [0.5, 0.6) is 0 Å². The Morgan fingerprint density at radius 1 is 0.320 bits per heavy atom. The SMILES string of the molecule is C=C1c2cc(-c3ccccc3)ccc2-c2cc3c(cc21)c1cc(-c2cc4sc(-c5ccc6c(c5)c5cc7c(cc5n6-c5ccccc5)-c5ccc(-c6ccccc6)cc5C7(C)C)cc4s2)ccc1n3-c1ccccc1. The number of rotatable bonds is 6. The van der Waals surface area contributed by atoms with Crippen LogP contribution in [0.3, 0.4) is 0 Å². The second kappa shape index (κ2) is 15.9. The first-order valence-electron chi connectivity index (χ1n) is 25.8. The van der Waals surface area contributed by atoms with Crippen molar-refractivity contribution in [3.05, 3.63) is 259 Å². The third kappa shape index (κ3) is 6.31. The summed E-state index contributed by atoms with van der Waals surface area (Å²) in [6, 6.07) is 85.9. The van der Waals surface area contributed by atoms with Gasteiger partial charge in [0.15, 0.2) is 0 Å². The molecule has 0 atom stereocenters. The van der Waals surface area contributed by atoms with Crippen molar-refractivity contribution >= 4 is 81.3 Å². The van der Waals surface area contributed by atoms with Crippen molar-refractivity contribution in [3.63, 3.8) is 0 Å². The van der Waals surface area contributed by atoms with Crippen LogP contribution in [0.15, 0.2) is 237 Å². The summed E-state index contributed by atoms with van der Waals surface area (Å²) < 4.78 is 7.54. The zero-order valence-corrected chi connectivity index (χ0v) is 43.0. The number of nitrogens with zero attached hydrogens (tertiary/aromatic N) is 2. The van der Waals surface area contributed by atoms with Gasteiger partial charge in [0.25, 0.3) is 0 Å². The molecule has 0 saturated carbocycles. The van der Waals surface area contributed by atoms with E-state index >= 15 is 0 Å². The van der Waals surface area contributed by atoms with Crippen LogP contribution in [0.2, 0.25) is 0 Å². The summed E-state index contributed by atoms with van der Waals surface area (Å²) in [5.41, 5.74) is 25.9. The van der Waals surface area contributed by atoms with Gasteiger partial charge in [-0.3, -0.25) is 0 Å². The van der Waals surface area contributed by atoms with Crippen LogP contribution in [-0.2, 0) is 5.41 Å². The average Bonchev–Trinajstić information content (AvgIpc) is 4.40. The van der Waals surface area contributed by atoms with Crippen LogP contribution >= 0.6 is 22.7 Å². The molecule has 4 aromatic heterocycles. The van der Waals surface area contributed by atoms with E-state index in [2.05, 4.69) is 254 Å². The summed E-state index contributed by atoms with van der Waals surface area (Å²) >= 11 is 3.79. The van der Waals surface area contributed by atoms with Gasteiger partial charge in [-0.15, -0.1) is 22.7 Å². The highest BCUT2D eigenvalue weighted by Gasteiger charge is 2.37. The number of hydrogen-bond acceptors (Lipinski definition) is 2. The third-order valence-corrected chi connectivity index (χ3v) is 18.8. The van der Waals surface area contributed by atoms with Gasteiger partial charge in [0.1, 0.15) is 0 Å². The Hall–Kier alpha value is -8.80. The second-order valence-electron chi connectivity index (χ2n) is 20.9. The van der Waals surface area contributed by atoms with Crippen molar-refractivity contribution in [1.29, 1.82) is 0 Å². The van der Waals surface area contributed by atoms with Crippen LogP contribution in [0.4, 0.5) is 0 Å². The summed E-state index contributed by atoms with van der Waals surface area (Å²) in [5.74, 6) is 0. The van der Waals surface area contributed by atoms with Gasteiger partial charge in [-0.2, -0.15) is 0 Å².